The third-order valence-electron chi connectivity index (χ3n) is 1.64. The summed E-state index contributed by atoms with van der Waals surface area (Å²) in [5.41, 5.74) is 1.90. The average molecular weight is 209 g/mol. The molecule has 0 fully saturated rings. The van der Waals surface area contributed by atoms with Gasteiger partial charge in [-0.25, -0.2) is 4.98 Å². The van der Waals surface area contributed by atoms with Crippen LogP contribution in [0.1, 0.15) is 5.69 Å². The molecular weight excluding hydrogens is 202 g/mol. The predicted octanol–water partition coefficient (Wildman–Crippen LogP) is 3.65. The largest absolute Gasteiger partial charge is 0.241 e. The first kappa shape index (κ1) is 8.73. The minimum Gasteiger partial charge on any atom is -0.241 e. The molecule has 3 heteroatoms. The Hall–Kier alpha value is -0.860. The molecular formula is C10H7ClNS. The number of benzene rings is 1. The van der Waals surface area contributed by atoms with Gasteiger partial charge in [-0.15, -0.1) is 11.3 Å². The van der Waals surface area contributed by atoms with E-state index in [0.29, 0.717) is 0 Å². The lowest BCUT2D eigenvalue weighted by Crippen LogP contribution is -1.75. The van der Waals surface area contributed by atoms with Crippen LogP contribution in [0.5, 0.6) is 0 Å². The molecule has 13 heavy (non-hydrogen) atoms. The first-order chi connectivity index (χ1) is 6.25. The number of nitrogens with zero attached hydrogens (tertiary/aromatic N) is 1. The second-order valence-electron chi connectivity index (χ2n) is 2.65. The van der Waals surface area contributed by atoms with Crippen LogP contribution in [0.15, 0.2) is 29.6 Å². The van der Waals surface area contributed by atoms with Crippen LogP contribution in [-0.2, 0) is 0 Å². The highest BCUT2D eigenvalue weighted by Crippen LogP contribution is 2.24. The van der Waals surface area contributed by atoms with Gasteiger partial charge >= 0.3 is 0 Å². The number of thiazole rings is 1. The van der Waals surface area contributed by atoms with Gasteiger partial charge in [-0.3, -0.25) is 0 Å². The van der Waals surface area contributed by atoms with E-state index in [4.69, 9.17) is 11.6 Å². The van der Waals surface area contributed by atoms with Crippen molar-refractivity contribution in [1.82, 2.24) is 4.98 Å². The van der Waals surface area contributed by atoms with Crippen molar-refractivity contribution in [3.05, 3.63) is 47.3 Å². The molecule has 1 aromatic carbocycles. The smallest absolute Gasteiger partial charge is 0.123 e. The second kappa shape index (κ2) is 3.48. The summed E-state index contributed by atoms with van der Waals surface area (Å²) in [7, 11) is 0. The summed E-state index contributed by atoms with van der Waals surface area (Å²) in [6.45, 7) is 3.76. The van der Waals surface area contributed by atoms with E-state index >= 15 is 0 Å². The normalized spacial score (nSPS) is 10.3. The highest BCUT2D eigenvalue weighted by molar-refractivity contribution is 7.13. The summed E-state index contributed by atoms with van der Waals surface area (Å²) in [5.74, 6) is 0. The maximum atomic E-state index is 5.77. The van der Waals surface area contributed by atoms with Crippen LogP contribution < -0.4 is 0 Å². The van der Waals surface area contributed by atoms with Gasteiger partial charge in [0.1, 0.15) is 5.01 Å². The Morgan fingerprint density at radius 3 is 2.46 bits per heavy atom. The van der Waals surface area contributed by atoms with Crippen molar-refractivity contribution in [1.29, 1.82) is 0 Å². The van der Waals surface area contributed by atoms with E-state index in [1.54, 1.807) is 11.3 Å². The molecule has 0 aliphatic heterocycles. The fourth-order valence-electron chi connectivity index (χ4n) is 1.03. The highest BCUT2D eigenvalue weighted by Gasteiger charge is 2.01. The molecule has 0 saturated heterocycles. The number of halogens is 1. The molecule has 1 heterocycles. The van der Waals surface area contributed by atoms with E-state index in [2.05, 4.69) is 11.9 Å². The van der Waals surface area contributed by atoms with E-state index in [1.807, 2.05) is 29.6 Å². The zero-order valence-electron chi connectivity index (χ0n) is 6.83. The first-order valence-corrected chi connectivity index (χ1v) is 5.05. The minimum absolute atomic E-state index is 0.746. The third-order valence-corrected chi connectivity index (χ3v) is 2.84. The predicted molar refractivity (Wildman–Crippen MR) is 57.0 cm³/mol. The Kier molecular flexibility index (Phi) is 2.34. The number of hydrogen-bond acceptors (Lipinski definition) is 2. The Bertz CT molecular complexity index is 405. The van der Waals surface area contributed by atoms with E-state index < -0.39 is 0 Å². The van der Waals surface area contributed by atoms with Crippen LogP contribution in [0, 0.1) is 6.92 Å². The summed E-state index contributed by atoms with van der Waals surface area (Å²) in [6.07, 6.45) is 0. The lowest BCUT2D eigenvalue weighted by Gasteiger charge is -1.94. The van der Waals surface area contributed by atoms with Gasteiger partial charge < -0.3 is 0 Å². The Morgan fingerprint density at radius 2 is 1.92 bits per heavy atom. The second-order valence-corrected chi connectivity index (χ2v) is 3.95. The number of aromatic nitrogens is 1. The molecule has 0 spiro atoms. The zero-order chi connectivity index (χ0) is 9.26. The monoisotopic (exact) mass is 208 g/mol. The fourth-order valence-corrected chi connectivity index (χ4v) is 1.90. The number of hydrogen-bond donors (Lipinski definition) is 0. The van der Waals surface area contributed by atoms with E-state index in [-0.39, 0.29) is 0 Å². The van der Waals surface area contributed by atoms with Gasteiger partial charge in [0, 0.05) is 16.0 Å². The van der Waals surface area contributed by atoms with Crippen LogP contribution in [-0.4, -0.2) is 4.98 Å². The van der Waals surface area contributed by atoms with Crippen molar-refractivity contribution in [2.24, 2.45) is 0 Å². The standard InChI is InChI=1S/C10H7ClNS/c1-7-6-13-10(12-7)8-2-4-9(11)5-3-8/h2-6H,1H2. The quantitative estimate of drug-likeness (QED) is 0.697. The van der Waals surface area contributed by atoms with E-state index in [0.717, 1.165) is 21.3 Å². The molecule has 0 saturated carbocycles. The molecule has 1 nitrogen and oxygen atoms in total. The average Bonchev–Trinajstić information content (AvgIpc) is 2.53. The van der Waals surface area contributed by atoms with Crippen molar-refractivity contribution in [2.45, 2.75) is 0 Å². The Morgan fingerprint density at radius 1 is 1.23 bits per heavy atom. The van der Waals surface area contributed by atoms with Crippen molar-refractivity contribution in [3.63, 3.8) is 0 Å². The van der Waals surface area contributed by atoms with Crippen LogP contribution in [0.25, 0.3) is 10.6 Å². The molecule has 0 N–H and O–H groups in total. The van der Waals surface area contributed by atoms with Crippen molar-refractivity contribution in [2.75, 3.05) is 0 Å². The Labute approximate surface area is 86.0 Å². The fraction of sp³-hybridized carbons (Fsp3) is 0. The minimum atomic E-state index is 0.746. The van der Waals surface area contributed by atoms with Crippen molar-refractivity contribution >= 4 is 22.9 Å². The lowest BCUT2D eigenvalue weighted by atomic mass is 10.2. The molecule has 0 unspecified atom stereocenters. The summed E-state index contributed by atoms with van der Waals surface area (Å²) >= 11 is 7.37. The molecule has 65 valence electrons. The Balaban J connectivity index is 2.41. The van der Waals surface area contributed by atoms with Crippen molar-refractivity contribution in [3.8, 4) is 10.6 Å². The van der Waals surface area contributed by atoms with Gasteiger partial charge in [-0.1, -0.05) is 23.7 Å². The highest BCUT2D eigenvalue weighted by atomic mass is 35.5. The molecule has 0 bridgehead atoms. The van der Waals surface area contributed by atoms with E-state index in [1.165, 1.54) is 0 Å². The summed E-state index contributed by atoms with van der Waals surface area (Å²) in [5, 5.41) is 3.67. The molecule has 0 aliphatic rings. The SMILES string of the molecule is [CH2]c1csc(-c2ccc(Cl)cc2)n1. The van der Waals surface area contributed by atoms with Gasteiger partial charge in [-0.05, 0) is 19.1 Å². The van der Waals surface area contributed by atoms with Gasteiger partial charge in [0.25, 0.3) is 0 Å². The van der Waals surface area contributed by atoms with Gasteiger partial charge in [0.2, 0.25) is 0 Å². The van der Waals surface area contributed by atoms with Gasteiger partial charge in [-0.2, -0.15) is 0 Å². The zero-order valence-corrected chi connectivity index (χ0v) is 8.40. The molecule has 0 amide bonds. The van der Waals surface area contributed by atoms with Crippen LogP contribution >= 0.6 is 22.9 Å². The summed E-state index contributed by atoms with van der Waals surface area (Å²) in [6, 6.07) is 7.64. The molecule has 1 aromatic heterocycles. The molecule has 2 aromatic rings. The van der Waals surface area contributed by atoms with Gasteiger partial charge in [0.15, 0.2) is 0 Å². The topological polar surface area (TPSA) is 12.9 Å². The molecule has 2 rings (SSSR count). The maximum absolute atomic E-state index is 5.77. The first-order valence-electron chi connectivity index (χ1n) is 3.79. The van der Waals surface area contributed by atoms with E-state index in [9.17, 15) is 0 Å². The molecule has 1 radical (unpaired) electrons. The van der Waals surface area contributed by atoms with Gasteiger partial charge in [0.05, 0.1) is 5.69 Å². The third kappa shape index (κ3) is 1.90. The maximum Gasteiger partial charge on any atom is 0.123 e. The molecule has 0 atom stereocenters. The van der Waals surface area contributed by atoms with Crippen LogP contribution in [0.4, 0.5) is 0 Å². The lowest BCUT2D eigenvalue weighted by molar-refractivity contribution is 1.35. The molecule has 0 aliphatic carbocycles. The van der Waals surface area contributed by atoms with Crippen LogP contribution in [0.3, 0.4) is 0 Å². The summed E-state index contributed by atoms with van der Waals surface area (Å²) < 4.78 is 0. The van der Waals surface area contributed by atoms with Crippen LogP contribution in [0.2, 0.25) is 5.02 Å². The number of rotatable bonds is 1. The summed E-state index contributed by atoms with van der Waals surface area (Å²) in [4.78, 5) is 4.27. The van der Waals surface area contributed by atoms with Crippen molar-refractivity contribution < 1.29 is 0 Å².